The van der Waals surface area contributed by atoms with Gasteiger partial charge in [-0.25, -0.2) is 27.9 Å². The van der Waals surface area contributed by atoms with Crippen molar-refractivity contribution in [1.82, 2.24) is 14.3 Å². The summed E-state index contributed by atoms with van der Waals surface area (Å²) in [7, 11) is 0. The van der Waals surface area contributed by atoms with Crippen LogP contribution >= 0.6 is 11.5 Å². The van der Waals surface area contributed by atoms with Gasteiger partial charge in [0.25, 0.3) is 5.92 Å². The van der Waals surface area contributed by atoms with Crippen LogP contribution in [0.5, 0.6) is 0 Å². The third kappa shape index (κ3) is 4.25. The van der Waals surface area contributed by atoms with Gasteiger partial charge in [0.15, 0.2) is 11.6 Å². The number of hydrogen-bond acceptors (Lipinski definition) is 6. The molecule has 0 unspecified atom stereocenters. The summed E-state index contributed by atoms with van der Waals surface area (Å²) in [6, 6.07) is 1.32. The summed E-state index contributed by atoms with van der Waals surface area (Å²) >= 11 is 0.799. The first-order valence-corrected chi connectivity index (χ1v) is 8.44. The van der Waals surface area contributed by atoms with Crippen LogP contribution in [0, 0.1) is 5.82 Å². The van der Waals surface area contributed by atoms with Crippen molar-refractivity contribution in [3.05, 3.63) is 34.5 Å². The fraction of sp³-hybridized carbons (Fsp3) is 0.467. The van der Waals surface area contributed by atoms with Crippen LogP contribution in [0.15, 0.2) is 12.3 Å². The Kier molecular flexibility index (Phi) is 4.89. The molecule has 0 amide bonds. The number of aryl methyl sites for hydroxylation is 2. The standard InChI is InChI=1S/C15H15F3N4O2S/c16-10-7-9(1-2-11-20-13(14(23)24)25-21-11)8-19-12(10)22-5-3-15(17,18)4-6-22/h7-8H,1-6H2,(H,23,24). The smallest absolute Gasteiger partial charge is 0.366 e. The van der Waals surface area contributed by atoms with E-state index in [1.54, 1.807) is 0 Å². The number of carboxylic acids is 1. The van der Waals surface area contributed by atoms with Gasteiger partial charge in [-0.2, -0.15) is 4.37 Å². The van der Waals surface area contributed by atoms with Gasteiger partial charge in [-0.15, -0.1) is 0 Å². The Bertz CT molecular complexity index is 774. The molecule has 2 aromatic heterocycles. The molecule has 0 radical (unpaired) electrons. The average Bonchev–Trinajstić information content (AvgIpc) is 3.03. The van der Waals surface area contributed by atoms with Crippen LogP contribution in [0.3, 0.4) is 0 Å². The van der Waals surface area contributed by atoms with E-state index in [4.69, 9.17) is 5.11 Å². The molecule has 0 atom stereocenters. The first-order valence-electron chi connectivity index (χ1n) is 7.67. The highest BCUT2D eigenvalue weighted by Gasteiger charge is 2.35. The number of aromatic carboxylic acids is 1. The molecule has 25 heavy (non-hydrogen) atoms. The summed E-state index contributed by atoms with van der Waals surface area (Å²) in [4.78, 5) is 20.2. The van der Waals surface area contributed by atoms with Gasteiger partial charge in [0.05, 0.1) is 0 Å². The number of rotatable bonds is 5. The maximum atomic E-state index is 14.3. The van der Waals surface area contributed by atoms with Gasteiger partial charge < -0.3 is 10.0 Å². The summed E-state index contributed by atoms with van der Waals surface area (Å²) < 4.78 is 44.6. The zero-order valence-electron chi connectivity index (χ0n) is 13.1. The first-order chi connectivity index (χ1) is 11.8. The maximum Gasteiger partial charge on any atom is 0.366 e. The molecule has 3 heterocycles. The Hall–Kier alpha value is -2.23. The van der Waals surface area contributed by atoms with Crippen molar-refractivity contribution >= 4 is 23.3 Å². The molecule has 3 rings (SSSR count). The topological polar surface area (TPSA) is 79.2 Å². The lowest BCUT2D eigenvalue weighted by molar-refractivity contribution is -0.0222. The van der Waals surface area contributed by atoms with Crippen LogP contribution in [0.25, 0.3) is 0 Å². The molecule has 1 aliphatic heterocycles. The van der Waals surface area contributed by atoms with Crippen LogP contribution in [0.1, 0.15) is 34.0 Å². The second-order valence-electron chi connectivity index (χ2n) is 5.81. The molecule has 0 aliphatic carbocycles. The maximum absolute atomic E-state index is 14.3. The molecule has 0 spiro atoms. The number of anilines is 1. The number of carboxylic acid groups (broad SMARTS) is 1. The zero-order valence-corrected chi connectivity index (χ0v) is 13.9. The molecular formula is C15H15F3N4O2S. The largest absolute Gasteiger partial charge is 0.476 e. The van der Waals surface area contributed by atoms with Crippen LogP contribution < -0.4 is 4.90 Å². The minimum atomic E-state index is -2.69. The van der Waals surface area contributed by atoms with Crippen molar-refractivity contribution in [3.8, 4) is 0 Å². The number of nitrogens with zero attached hydrogens (tertiary/aromatic N) is 4. The highest BCUT2D eigenvalue weighted by molar-refractivity contribution is 7.07. The molecule has 0 saturated carbocycles. The second kappa shape index (κ2) is 6.95. The Morgan fingerprint density at radius 1 is 1.32 bits per heavy atom. The van der Waals surface area contributed by atoms with Crippen molar-refractivity contribution in [2.24, 2.45) is 0 Å². The minimum absolute atomic E-state index is 0.0664. The highest BCUT2D eigenvalue weighted by atomic mass is 32.1. The van der Waals surface area contributed by atoms with Gasteiger partial charge in [0.1, 0.15) is 5.82 Å². The fourth-order valence-corrected chi connectivity index (χ4v) is 3.13. The van der Waals surface area contributed by atoms with E-state index in [2.05, 4.69) is 14.3 Å². The van der Waals surface area contributed by atoms with Crippen LogP contribution in [-0.4, -0.2) is 44.4 Å². The van der Waals surface area contributed by atoms with Gasteiger partial charge in [-0.3, -0.25) is 0 Å². The molecule has 1 fully saturated rings. The number of aromatic nitrogens is 3. The average molecular weight is 372 g/mol. The van der Waals surface area contributed by atoms with E-state index < -0.39 is 17.7 Å². The Morgan fingerprint density at radius 2 is 2.04 bits per heavy atom. The summed E-state index contributed by atoms with van der Waals surface area (Å²) in [6.07, 6.45) is 1.64. The zero-order chi connectivity index (χ0) is 18.0. The predicted octanol–water partition coefficient (Wildman–Crippen LogP) is 2.79. The van der Waals surface area contributed by atoms with E-state index in [0.717, 1.165) is 11.5 Å². The monoisotopic (exact) mass is 372 g/mol. The SMILES string of the molecule is O=C(O)c1nc(CCc2cnc(N3CCC(F)(F)CC3)c(F)c2)ns1. The number of pyridine rings is 1. The van der Waals surface area contributed by atoms with Crippen molar-refractivity contribution in [3.63, 3.8) is 0 Å². The van der Waals surface area contributed by atoms with E-state index in [1.807, 2.05) is 0 Å². The summed E-state index contributed by atoms with van der Waals surface area (Å²) in [5.74, 6) is -3.92. The predicted molar refractivity (Wildman–Crippen MR) is 84.9 cm³/mol. The Balaban J connectivity index is 1.62. The quantitative estimate of drug-likeness (QED) is 0.870. The van der Waals surface area contributed by atoms with E-state index in [1.165, 1.54) is 17.2 Å². The molecule has 0 aromatic carbocycles. The molecule has 10 heteroatoms. The van der Waals surface area contributed by atoms with Gasteiger partial charge in [-0.05, 0) is 29.6 Å². The summed E-state index contributed by atoms with van der Waals surface area (Å²) in [5, 5.41) is 8.72. The molecule has 1 aliphatic rings. The number of halogens is 3. The van der Waals surface area contributed by atoms with Gasteiger partial charge in [0, 0.05) is 38.5 Å². The third-order valence-electron chi connectivity index (χ3n) is 3.96. The third-order valence-corrected chi connectivity index (χ3v) is 4.70. The molecule has 1 N–H and O–H groups in total. The highest BCUT2D eigenvalue weighted by Crippen LogP contribution is 2.30. The second-order valence-corrected chi connectivity index (χ2v) is 6.56. The minimum Gasteiger partial charge on any atom is -0.476 e. The normalized spacial score (nSPS) is 16.8. The van der Waals surface area contributed by atoms with Crippen molar-refractivity contribution in [2.45, 2.75) is 31.6 Å². The van der Waals surface area contributed by atoms with Crippen molar-refractivity contribution in [2.75, 3.05) is 18.0 Å². The van der Waals surface area contributed by atoms with E-state index >= 15 is 0 Å². The molecule has 2 aromatic rings. The lowest BCUT2D eigenvalue weighted by Crippen LogP contribution is -2.40. The van der Waals surface area contributed by atoms with E-state index in [0.29, 0.717) is 24.2 Å². The van der Waals surface area contributed by atoms with Gasteiger partial charge in [-0.1, -0.05) is 0 Å². The van der Waals surface area contributed by atoms with Crippen molar-refractivity contribution < 1.29 is 23.1 Å². The Morgan fingerprint density at radius 3 is 2.64 bits per heavy atom. The van der Waals surface area contributed by atoms with Crippen LogP contribution in [-0.2, 0) is 12.8 Å². The van der Waals surface area contributed by atoms with Gasteiger partial charge >= 0.3 is 5.97 Å². The van der Waals surface area contributed by atoms with E-state index in [9.17, 15) is 18.0 Å². The fourth-order valence-electron chi connectivity index (χ4n) is 2.58. The summed E-state index contributed by atoms with van der Waals surface area (Å²) in [6.45, 7) is 0.133. The van der Waals surface area contributed by atoms with Gasteiger partial charge in [0.2, 0.25) is 5.01 Å². The van der Waals surface area contributed by atoms with Crippen LogP contribution in [0.4, 0.5) is 19.0 Å². The van der Waals surface area contributed by atoms with E-state index in [-0.39, 0.29) is 36.8 Å². The lowest BCUT2D eigenvalue weighted by Gasteiger charge is -2.32. The van der Waals surface area contributed by atoms with Crippen LogP contribution in [0.2, 0.25) is 0 Å². The van der Waals surface area contributed by atoms with Crippen molar-refractivity contribution in [1.29, 1.82) is 0 Å². The Labute approximate surface area is 145 Å². The molecule has 0 bridgehead atoms. The molecule has 6 nitrogen and oxygen atoms in total. The molecule has 134 valence electrons. The number of piperidine rings is 1. The number of alkyl halides is 2. The lowest BCUT2D eigenvalue weighted by atomic mass is 10.1. The first kappa shape index (κ1) is 17.6. The molecule has 1 saturated heterocycles. The molecular weight excluding hydrogens is 357 g/mol. The number of carbonyl (C=O) groups is 1. The number of hydrogen-bond donors (Lipinski definition) is 1. The summed E-state index contributed by atoms with van der Waals surface area (Å²) in [5.41, 5.74) is 0.607.